The highest BCUT2D eigenvalue weighted by Crippen LogP contribution is 2.21. The molecule has 0 spiro atoms. The summed E-state index contributed by atoms with van der Waals surface area (Å²) in [5.74, 6) is 0.595. The van der Waals surface area contributed by atoms with Gasteiger partial charge in [0.1, 0.15) is 5.52 Å². The van der Waals surface area contributed by atoms with Crippen molar-refractivity contribution in [1.29, 1.82) is 0 Å². The predicted molar refractivity (Wildman–Crippen MR) is 67.8 cm³/mol. The number of nitrogens with zero attached hydrogens (tertiary/aromatic N) is 4. The smallest absolute Gasteiger partial charge is 0.226 e. The molecule has 0 saturated carbocycles. The lowest BCUT2D eigenvalue weighted by molar-refractivity contribution is 0.0694. The van der Waals surface area contributed by atoms with E-state index in [4.69, 9.17) is 16.3 Å². The number of fused-ring (bicyclic) bond motifs is 1. The van der Waals surface area contributed by atoms with Gasteiger partial charge in [0, 0.05) is 20.7 Å². The number of anilines is 1. The van der Waals surface area contributed by atoms with Crippen molar-refractivity contribution in [2.24, 2.45) is 0 Å². The van der Waals surface area contributed by atoms with Gasteiger partial charge >= 0.3 is 0 Å². The number of methoxy groups -OCH3 is 1. The summed E-state index contributed by atoms with van der Waals surface area (Å²) < 4.78 is 4.88. The van der Waals surface area contributed by atoms with E-state index in [0.717, 1.165) is 0 Å². The lowest BCUT2D eigenvalue weighted by atomic mass is 10.3. The van der Waals surface area contributed by atoms with Crippen molar-refractivity contribution in [3.63, 3.8) is 0 Å². The fourth-order valence-electron chi connectivity index (χ4n) is 1.72. The summed E-state index contributed by atoms with van der Waals surface area (Å²) in [7, 11) is 3.34. The summed E-state index contributed by atoms with van der Waals surface area (Å²) in [4.78, 5) is 16.9. The van der Waals surface area contributed by atoms with Crippen molar-refractivity contribution in [2.45, 2.75) is 6.10 Å². The topological polar surface area (TPSA) is 87.2 Å². The van der Waals surface area contributed by atoms with Crippen molar-refractivity contribution in [3.05, 3.63) is 11.6 Å². The third kappa shape index (κ3) is 2.69. The summed E-state index contributed by atoms with van der Waals surface area (Å²) in [6, 6.07) is 0. The number of hydrogen-bond acceptors (Lipinski definition) is 6. The van der Waals surface area contributed by atoms with E-state index in [1.807, 2.05) is 0 Å². The Morgan fingerprint density at radius 2 is 2.33 bits per heavy atom. The van der Waals surface area contributed by atoms with Crippen molar-refractivity contribution in [2.75, 3.05) is 32.2 Å². The van der Waals surface area contributed by atoms with Gasteiger partial charge in [-0.15, -0.1) is 0 Å². The minimum Gasteiger partial charge on any atom is -0.389 e. The van der Waals surface area contributed by atoms with Gasteiger partial charge in [-0.1, -0.05) is 0 Å². The second-order valence-corrected chi connectivity index (χ2v) is 4.25. The van der Waals surface area contributed by atoms with Gasteiger partial charge in [-0.05, 0) is 11.6 Å². The van der Waals surface area contributed by atoms with E-state index < -0.39 is 6.10 Å². The number of imidazole rings is 1. The molecular weight excluding hydrogens is 258 g/mol. The average molecular weight is 272 g/mol. The maximum Gasteiger partial charge on any atom is 0.226 e. The third-order valence-electron chi connectivity index (χ3n) is 2.44. The lowest BCUT2D eigenvalue weighted by Crippen LogP contribution is -2.32. The zero-order chi connectivity index (χ0) is 13.1. The van der Waals surface area contributed by atoms with E-state index in [1.54, 1.807) is 11.9 Å². The first-order valence-electron chi connectivity index (χ1n) is 5.36. The second kappa shape index (κ2) is 5.47. The van der Waals surface area contributed by atoms with Crippen LogP contribution in [0.2, 0.25) is 5.28 Å². The van der Waals surface area contributed by atoms with Crippen molar-refractivity contribution in [1.82, 2.24) is 19.9 Å². The number of aliphatic hydroxyl groups excluding tert-OH is 1. The van der Waals surface area contributed by atoms with Crippen LogP contribution < -0.4 is 4.90 Å². The van der Waals surface area contributed by atoms with Crippen molar-refractivity contribution < 1.29 is 9.84 Å². The number of halogens is 1. The van der Waals surface area contributed by atoms with Crippen LogP contribution in [0, 0.1) is 0 Å². The molecule has 2 aromatic rings. The highest BCUT2D eigenvalue weighted by atomic mass is 35.5. The molecule has 0 bridgehead atoms. The number of aromatic amines is 1. The fraction of sp³-hybridized carbons (Fsp3) is 0.500. The largest absolute Gasteiger partial charge is 0.389 e. The molecule has 0 radical (unpaired) electrons. The van der Waals surface area contributed by atoms with Crippen LogP contribution >= 0.6 is 11.6 Å². The standard InChI is InChI=1S/C10H14ClN5O2/c1-16(3-6(17)4-18-2)9-7-8(13-5-12-7)14-10(11)15-9/h5-6,17H,3-4H2,1-2H3,(H,12,13,14,15). The van der Waals surface area contributed by atoms with Crippen LogP contribution in [0.4, 0.5) is 5.82 Å². The fourth-order valence-corrected chi connectivity index (χ4v) is 1.88. The first-order valence-corrected chi connectivity index (χ1v) is 5.74. The molecule has 2 rings (SSSR count). The number of ether oxygens (including phenoxy) is 1. The molecule has 0 aliphatic carbocycles. The molecule has 0 aromatic carbocycles. The molecule has 2 aromatic heterocycles. The van der Waals surface area contributed by atoms with Crippen molar-refractivity contribution in [3.8, 4) is 0 Å². The summed E-state index contributed by atoms with van der Waals surface area (Å²) in [6.45, 7) is 0.630. The van der Waals surface area contributed by atoms with E-state index in [0.29, 0.717) is 23.5 Å². The second-order valence-electron chi connectivity index (χ2n) is 3.91. The molecule has 2 N–H and O–H groups in total. The van der Waals surface area contributed by atoms with Crippen LogP contribution in [0.15, 0.2) is 6.33 Å². The van der Waals surface area contributed by atoms with Gasteiger partial charge < -0.3 is 19.7 Å². The van der Waals surface area contributed by atoms with Gasteiger partial charge in [0.15, 0.2) is 11.5 Å². The molecule has 1 unspecified atom stereocenters. The SMILES string of the molecule is COCC(O)CN(C)c1nc(Cl)nc2nc[nH]c12. The molecule has 0 aliphatic rings. The van der Waals surface area contributed by atoms with Gasteiger partial charge in [0.05, 0.1) is 19.0 Å². The molecule has 18 heavy (non-hydrogen) atoms. The molecule has 98 valence electrons. The van der Waals surface area contributed by atoms with E-state index in [9.17, 15) is 5.11 Å². The van der Waals surface area contributed by atoms with Gasteiger partial charge in [-0.25, -0.2) is 4.98 Å². The minimum absolute atomic E-state index is 0.123. The summed E-state index contributed by atoms with van der Waals surface area (Å²) in [6.07, 6.45) is 0.921. The molecule has 0 aliphatic heterocycles. The molecular formula is C10H14ClN5O2. The van der Waals surface area contributed by atoms with Crippen LogP contribution in [0.1, 0.15) is 0 Å². The number of likely N-dealkylation sites (N-methyl/N-ethyl adjacent to an activating group) is 1. The number of rotatable bonds is 5. The highest BCUT2D eigenvalue weighted by molar-refractivity contribution is 6.28. The minimum atomic E-state index is -0.605. The van der Waals surface area contributed by atoms with Crippen LogP contribution in [0.3, 0.4) is 0 Å². The zero-order valence-electron chi connectivity index (χ0n) is 10.1. The maximum atomic E-state index is 9.70. The molecule has 0 amide bonds. The first kappa shape index (κ1) is 13.0. The molecule has 0 saturated heterocycles. The number of aliphatic hydroxyl groups is 1. The third-order valence-corrected chi connectivity index (χ3v) is 2.61. The highest BCUT2D eigenvalue weighted by Gasteiger charge is 2.15. The summed E-state index contributed by atoms with van der Waals surface area (Å²) in [5, 5.41) is 9.83. The first-order chi connectivity index (χ1) is 8.61. The molecule has 7 nitrogen and oxygen atoms in total. The Balaban J connectivity index is 2.26. The Morgan fingerprint density at radius 1 is 1.56 bits per heavy atom. The number of nitrogens with one attached hydrogen (secondary N) is 1. The van der Waals surface area contributed by atoms with E-state index in [2.05, 4.69) is 19.9 Å². The number of hydrogen-bond donors (Lipinski definition) is 2. The number of H-pyrrole nitrogens is 1. The van der Waals surface area contributed by atoms with E-state index in [1.165, 1.54) is 13.4 Å². The quantitative estimate of drug-likeness (QED) is 0.768. The zero-order valence-corrected chi connectivity index (χ0v) is 10.8. The van der Waals surface area contributed by atoms with Gasteiger partial charge in [-0.2, -0.15) is 9.97 Å². The Bertz CT molecular complexity index is 532. The molecule has 8 heteroatoms. The Hall–Kier alpha value is -1.44. The average Bonchev–Trinajstić information content (AvgIpc) is 2.75. The number of aromatic nitrogens is 4. The van der Waals surface area contributed by atoms with E-state index in [-0.39, 0.29) is 11.9 Å². The Morgan fingerprint density at radius 3 is 3.06 bits per heavy atom. The normalized spacial score (nSPS) is 12.9. The summed E-state index contributed by atoms with van der Waals surface area (Å²) >= 11 is 5.83. The van der Waals surface area contributed by atoms with Crippen LogP contribution in [0.5, 0.6) is 0 Å². The lowest BCUT2D eigenvalue weighted by Gasteiger charge is -2.21. The molecule has 1 atom stereocenters. The molecule has 0 fully saturated rings. The van der Waals surface area contributed by atoms with E-state index >= 15 is 0 Å². The summed E-state index contributed by atoms with van der Waals surface area (Å²) in [5.41, 5.74) is 1.18. The predicted octanol–water partition coefficient (Wildman–Crippen LogP) is 0.450. The van der Waals surface area contributed by atoms with Crippen LogP contribution in [0.25, 0.3) is 11.2 Å². The monoisotopic (exact) mass is 271 g/mol. The van der Waals surface area contributed by atoms with Gasteiger partial charge in [0.2, 0.25) is 5.28 Å². The van der Waals surface area contributed by atoms with Crippen LogP contribution in [-0.2, 0) is 4.74 Å². The van der Waals surface area contributed by atoms with Crippen molar-refractivity contribution >= 4 is 28.6 Å². The maximum absolute atomic E-state index is 9.70. The Labute approximate surface area is 109 Å². The van der Waals surface area contributed by atoms with Gasteiger partial charge in [-0.3, -0.25) is 0 Å². The van der Waals surface area contributed by atoms with Gasteiger partial charge in [0.25, 0.3) is 0 Å². The van der Waals surface area contributed by atoms with Crippen LogP contribution in [-0.4, -0.2) is 58.5 Å². The molecule has 2 heterocycles. The Kier molecular flexibility index (Phi) is 3.95.